The molecule has 0 fully saturated rings. The van der Waals surface area contributed by atoms with Crippen molar-refractivity contribution in [1.82, 2.24) is 5.32 Å². The summed E-state index contributed by atoms with van der Waals surface area (Å²) in [4.78, 5) is 0. The highest BCUT2D eigenvalue weighted by Gasteiger charge is 2.24. The summed E-state index contributed by atoms with van der Waals surface area (Å²) in [5.74, 6) is 0.896. The fourth-order valence-electron chi connectivity index (χ4n) is 2.12. The van der Waals surface area contributed by atoms with E-state index >= 15 is 0 Å². The van der Waals surface area contributed by atoms with E-state index in [2.05, 4.69) is 31.3 Å². The minimum Gasteiger partial charge on any atom is -0.467 e. The van der Waals surface area contributed by atoms with Gasteiger partial charge in [0.1, 0.15) is 5.76 Å². The average molecular weight is 273 g/mol. The largest absolute Gasteiger partial charge is 0.467 e. The number of nitrogens with one attached hydrogen (secondary N) is 1. The van der Waals surface area contributed by atoms with E-state index in [1.54, 1.807) is 6.26 Å². The van der Waals surface area contributed by atoms with E-state index in [4.69, 9.17) is 4.42 Å². The maximum atomic E-state index is 9.54. The molecule has 1 aromatic carbocycles. The summed E-state index contributed by atoms with van der Waals surface area (Å²) >= 11 is 0. The zero-order valence-electron chi connectivity index (χ0n) is 12.2. The van der Waals surface area contributed by atoms with Crippen molar-refractivity contribution in [2.45, 2.75) is 26.3 Å². The first kappa shape index (κ1) is 14.8. The smallest absolute Gasteiger partial charge is 0.125 e. The number of benzene rings is 1. The Morgan fingerprint density at radius 3 is 2.50 bits per heavy atom. The molecule has 0 radical (unpaired) electrons. The summed E-state index contributed by atoms with van der Waals surface area (Å²) in [7, 11) is 0. The van der Waals surface area contributed by atoms with Crippen LogP contribution in [0.4, 0.5) is 0 Å². The van der Waals surface area contributed by atoms with Crippen LogP contribution in [0.1, 0.15) is 37.6 Å². The van der Waals surface area contributed by atoms with Gasteiger partial charge in [-0.15, -0.1) is 0 Å². The van der Waals surface area contributed by atoms with E-state index < -0.39 is 0 Å². The van der Waals surface area contributed by atoms with Crippen molar-refractivity contribution in [3.8, 4) is 0 Å². The number of furan rings is 1. The highest BCUT2D eigenvalue weighted by Crippen LogP contribution is 2.25. The maximum Gasteiger partial charge on any atom is 0.125 e. The molecule has 2 unspecified atom stereocenters. The van der Waals surface area contributed by atoms with Crippen LogP contribution in [0.5, 0.6) is 0 Å². The van der Waals surface area contributed by atoms with Crippen molar-refractivity contribution < 1.29 is 9.52 Å². The maximum absolute atomic E-state index is 9.54. The molecule has 0 spiro atoms. The van der Waals surface area contributed by atoms with Crippen LogP contribution in [-0.4, -0.2) is 18.3 Å². The van der Waals surface area contributed by atoms with Gasteiger partial charge in [-0.1, -0.05) is 44.2 Å². The molecule has 0 aliphatic rings. The standard InChI is InChI=1S/C17H23NO2/c1-3-17(2,13-19)12-18-16(15-10-7-11-20-15)14-8-5-4-6-9-14/h4-11,16,18-19H,3,12-13H2,1-2H3. The van der Waals surface area contributed by atoms with Crippen LogP contribution >= 0.6 is 0 Å². The van der Waals surface area contributed by atoms with Crippen LogP contribution in [0.2, 0.25) is 0 Å². The molecule has 2 aromatic rings. The Morgan fingerprint density at radius 2 is 1.95 bits per heavy atom. The van der Waals surface area contributed by atoms with Crippen molar-refractivity contribution >= 4 is 0 Å². The lowest BCUT2D eigenvalue weighted by molar-refractivity contribution is 0.132. The molecule has 2 atom stereocenters. The van der Waals surface area contributed by atoms with E-state index in [9.17, 15) is 5.11 Å². The highest BCUT2D eigenvalue weighted by molar-refractivity contribution is 5.26. The Kier molecular flexibility index (Phi) is 4.99. The number of aliphatic hydroxyl groups is 1. The van der Waals surface area contributed by atoms with Crippen molar-refractivity contribution in [1.29, 1.82) is 0 Å². The molecule has 1 aromatic heterocycles. The van der Waals surface area contributed by atoms with Crippen LogP contribution in [0, 0.1) is 5.41 Å². The number of hydrogen-bond donors (Lipinski definition) is 2. The molecule has 0 amide bonds. The number of hydrogen-bond acceptors (Lipinski definition) is 3. The molecule has 3 heteroatoms. The van der Waals surface area contributed by atoms with Gasteiger partial charge in [0.15, 0.2) is 0 Å². The van der Waals surface area contributed by atoms with Crippen LogP contribution < -0.4 is 5.32 Å². The molecule has 0 aliphatic heterocycles. The van der Waals surface area contributed by atoms with Crippen molar-refractivity contribution in [2.24, 2.45) is 5.41 Å². The monoisotopic (exact) mass is 273 g/mol. The van der Waals surface area contributed by atoms with E-state index in [1.165, 1.54) is 5.56 Å². The Labute approximate surface area is 120 Å². The number of rotatable bonds is 7. The molecule has 0 saturated heterocycles. The molecular formula is C17H23NO2. The molecular weight excluding hydrogens is 250 g/mol. The van der Waals surface area contributed by atoms with Gasteiger partial charge in [-0.2, -0.15) is 0 Å². The second-order valence-corrected chi connectivity index (χ2v) is 5.56. The Balaban J connectivity index is 2.17. The summed E-state index contributed by atoms with van der Waals surface area (Å²) in [6, 6.07) is 14.1. The van der Waals surface area contributed by atoms with Gasteiger partial charge in [0.25, 0.3) is 0 Å². The first-order valence-corrected chi connectivity index (χ1v) is 7.11. The van der Waals surface area contributed by atoms with Gasteiger partial charge in [0, 0.05) is 18.6 Å². The zero-order valence-corrected chi connectivity index (χ0v) is 12.2. The minimum absolute atomic E-state index is 0.0172. The SMILES string of the molecule is CCC(C)(CO)CNC(c1ccccc1)c1ccco1. The fraction of sp³-hybridized carbons (Fsp3) is 0.412. The van der Waals surface area contributed by atoms with Crippen LogP contribution in [0.3, 0.4) is 0 Å². The second kappa shape index (κ2) is 6.73. The molecule has 108 valence electrons. The van der Waals surface area contributed by atoms with Gasteiger partial charge in [-0.25, -0.2) is 0 Å². The zero-order chi connectivity index (χ0) is 14.4. The van der Waals surface area contributed by atoms with E-state index in [1.807, 2.05) is 30.3 Å². The quantitative estimate of drug-likeness (QED) is 0.813. The van der Waals surface area contributed by atoms with Gasteiger partial charge in [-0.3, -0.25) is 0 Å². The predicted molar refractivity (Wildman–Crippen MR) is 80.5 cm³/mol. The predicted octanol–water partition coefficient (Wildman–Crippen LogP) is 3.37. The normalized spacial score (nSPS) is 15.8. The molecule has 1 heterocycles. The lowest BCUT2D eigenvalue weighted by atomic mass is 9.88. The third-order valence-electron chi connectivity index (χ3n) is 3.93. The van der Waals surface area contributed by atoms with Crippen LogP contribution in [0.15, 0.2) is 53.1 Å². The lowest BCUT2D eigenvalue weighted by Crippen LogP contribution is -2.36. The first-order chi connectivity index (χ1) is 9.68. The van der Waals surface area contributed by atoms with Crippen molar-refractivity contribution in [3.05, 3.63) is 60.1 Å². The van der Waals surface area contributed by atoms with Gasteiger partial charge >= 0.3 is 0 Å². The van der Waals surface area contributed by atoms with Gasteiger partial charge in [0.05, 0.1) is 12.3 Å². The molecule has 2 rings (SSSR count). The topological polar surface area (TPSA) is 45.4 Å². The summed E-state index contributed by atoms with van der Waals surface area (Å²) in [6.45, 7) is 5.10. The third kappa shape index (κ3) is 3.50. The fourth-order valence-corrected chi connectivity index (χ4v) is 2.12. The highest BCUT2D eigenvalue weighted by atomic mass is 16.3. The Bertz CT molecular complexity index is 489. The average Bonchev–Trinajstić information content (AvgIpc) is 3.02. The van der Waals surface area contributed by atoms with E-state index in [-0.39, 0.29) is 18.1 Å². The number of aliphatic hydroxyl groups excluding tert-OH is 1. The van der Waals surface area contributed by atoms with E-state index in [0.29, 0.717) is 0 Å². The molecule has 0 saturated carbocycles. The lowest BCUT2D eigenvalue weighted by Gasteiger charge is -2.28. The Morgan fingerprint density at radius 1 is 1.20 bits per heavy atom. The molecule has 2 N–H and O–H groups in total. The van der Waals surface area contributed by atoms with Gasteiger partial charge in [-0.05, 0) is 24.1 Å². The van der Waals surface area contributed by atoms with Crippen molar-refractivity contribution in [3.63, 3.8) is 0 Å². The molecule has 0 bridgehead atoms. The second-order valence-electron chi connectivity index (χ2n) is 5.56. The first-order valence-electron chi connectivity index (χ1n) is 7.11. The van der Waals surface area contributed by atoms with Crippen molar-refractivity contribution in [2.75, 3.05) is 13.2 Å². The summed E-state index contributed by atoms with van der Waals surface area (Å²) < 4.78 is 5.56. The van der Waals surface area contributed by atoms with Crippen LogP contribution in [0.25, 0.3) is 0 Å². The van der Waals surface area contributed by atoms with Crippen LogP contribution in [-0.2, 0) is 0 Å². The molecule has 0 aliphatic carbocycles. The Hall–Kier alpha value is -1.58. The summed E-state index contributed by atoms with van der Waals surface area (Å²) in [6.07, 6.45) is 2.62. The minimum atomic E-state index is -0.111. The molecule has 20 heavy (non-hydrogen) atoms. The summed E-state index contributed by atoms with van der Waals surface area (Å²) in [5, 5.41) is 13.1. The van der Waals surface area contributed by atoms with Gasteiger partial charge in [0.2, 0.25) is 0 Å². The third-order valence-corrected chi connectivity index (χ3v) is 3.93. The molecule has 3 nitrogen and oxygen atoms in total. The van der Waals surface area contributed by atoms with Gasteiger partial charge < -0.3 is 14.8 Å². The van der Waals surface area contributed by atoms with E-state index in [0.717, 1.165) is 18.7 Å². The summed E-state index contributed by atoms with van der Waals surface area (Å²) in [5.41, 5.74) is 1.05.